The molecule has 1 radical (unpaired) electrons. The van der Waals surface area contributed by atoms with Crippen molar-refractivity contribution in [3.63, 3.8) is 0 Å². The van der Waals surface area contributed by atoms with Gasteiger partial charge < -0.3 is 0 Å². The standard InChI is InChI=1S/C10H9Br2/c1-3-7(2)8-4-5-9(11)10(12)6-8/h3-7H,1-2H2. The van der Waals surface area contributed by atoms with Crippen LogP contribution in [0.2, 0.25) is 0 Å². The van der Waals surface area contributed by atoms with Crippen LogP contribution < -0.4 is 0 Å². The van der Waals surface area contributed by atoms with Crippen molar-refractivity contribution < 1.29 is 0 Å². The van der Waals surface area contributed by atoms with Gasteiger partial charge in [-0.3, -0.25) is 0 Å². The van der Waals surface area contributed by atoms with Gasteiger partial charge in [0.2, 0.25) is 0 Å². The van der Waals surface area contributed by atoms with Crippen molar-refractivity contribution in [1.82, 2.24) is 0 Å². The molecule has 0 amide bonds. The summed E-state index contributed by atoms with van der Waals surface area (Å²) in [4.78, 5) is 0. The lowest BCUT2D eigenvalue weighted by molar-refractivity contribution is 1.08. The summed E-state index contributed by atoms with van der Waals surface area (Å²) in [6.07, 6.45) is 1.83. The number of allylic oxidation sites excluding steroid dienone is 1. The van der Waals surface area contributed by atoms with Crippen LogP contribution in [0.1, 0.15) is 11.5 Å². The molecule has 12 heavy (non-hydrogen) atoms. The van der Waals surface area contributed by atoms with Crippen molar-refractivity contribution in [3.05, 3.63) is 52.3 Å². The lowest BCUT2D eigenvalue weighted by Crippen LogP contribution is -1.88. The highest BCUT2D eigenvalue weighted by Crippen LogP contribution is 2.27. The molecule has 0 spiro atoms. The average Bonchev–Trinajstić information content (AvgIpc) is 2.08. The van der Waals surface area contributed by atoms with Crippen LogP contribution in [0.25, 0.3) is 0 Å². The lowest BCUT2D eigenvalue weighted by atomic mass is 10.0. The molecule has 0 bridgehead atoms. The highest BCUT2D eigenvalue weighted by Gasteiger charge is 2.02. The monoisotopic (exact) mass is 287 g/mol. The molecule has 0 nitrogen and oxygen atoms in total. The van der Waals surface area contributed by atoms with Crippen LogP contribution >= 0.6 is 31.9 Å². The van der Waals surface area contributed by atoms with Crippen LogP contribution in [0.4, 0.5) is 0 Å². The van der Waals surface area contributed by atoms with Gasteiger partial charge in [0, 0.05) is 14.9 Å². The largest absolute Gasteiger partial charge is 0.102 e. The molecule has 63 valence electrons. The Kier molecular flexibility index (Phi) is 3.53. The van der Waals surface area contributed by atoms with Crippen LogP contribution in [-0.4, -0.2) is 0 Å². The Morgan fingerprint density at radius 3 is 2.42 bits per heavy atom. The Balaban J connectivity index is 3.04. The van der Waals surface area contributed by atoms with Gasteiger partial charge in [-0.05, 0) is 56.5 Å². The fourth-order valence-electron chi connectivity index (χ4n) is 0.879. The molecule has 1 atom stereocenters. The van der Waals surface area contributed by atoms with Gasteiger partial charge >= 0.3 is 0 Å². The molecular weight excluding hydrogens is 280 g/mol. The van der Waals surface area contributed by atoms with Gasteiger partial charge in [-0.2, -0.15) is 0 Å². The third-order valence-corrected chi connectivity index (χ3v) is 3.54. The van der Waals surface area contributed by atoms with Crippen LogP contribution in [0.3, 0.4) is 0 Å². The van der Waals surface area contributed by atoms with Gasteiger partial charge in [0.05, 0.1) is 0 Å². The Morgan fingerprint density at radius 1 is 1.25 bits per heavy atom. The topological polar surface area (TPSA) is 0 Å². The van der Waals surface area contributed by atoms with Crippen LogP contribution in [0.5, 0.6) is 0 Å². The van der Waals surface area contributed by atoms with Gasteiger partial charge in [-0.1, -0.05) is 12.1 Å². The van der Waals surface area contributed by atoms with Crippen molar-refractivity contribution in [1.29, 1.82) is 0 Å². The van der Waals surface area contributed by atoms with Gasteiger partial charge in [-0.25, -0.2) is 0 Å². The van der Waals surface area contributed by atoms with Crippen LogP contribution in [0, 0.1) is 6.92 Å². The third-order valence-electron chi connectivity index (χ3n) is 1.66. The van der Waals surface area contributed by atoms with Crippen molar-refractivity contribution in [3.8, 4) is 0 Å². The maximum absolute atomic E-state index is 3.94. The van der Waals surface area contributed by atoms with E-state index in [9.17, 15) is 0 Å². The number of hydrogen-bond donors (Lipinski definition) is 0. The lowest BCUT2D eigenvalue weighted by Gasteiger charge is -2.06. The molecule has 0 aliphatic carbocycles. The quantitative estimate of drug-likeness (QED) is 0.711. The Labute approximate surface area is 89.9 Å². The minimum absolute atomic E-state index is 0.161. The molecule has 0 heterocycles. The molecule has 0 saturated heterocycles. The first-order chi connectivity index (χ1) is 5.65. The molecule has 0 N–H and O–H groups in total. The summed E-state index contributed by atoms with van der Waals surface area (Å²) in [5, 5.41) is 0. The first kappa shape index (κ1) is 10.0. The van der Waals surface area contributed by atoms with E-state index < -0.39 is 0 Å². The Hall–Kier alpha value is -0.0800. The third kappa shape index (κ3) is 2.20. The summed E-state index contributed by atoms with van der Waals surface area (Å²) in [7, 11) is 0. The maximum atomic E-state index is 3.94. The second kappa shape index (κ2) is 4.24. The van der Waals surface area contributed by atoms with Gasteiger partial charge in [0.25, 0.3) is 0 Å². The van der Waals surface area contributed by atoms with E-state index >= 15 is 0 Å². The van der Waals surface area contributed by atoms with Crippen molar-refractivity contribution in [2.24, 2.45) is 0 Å². The van der Waals surface area contributed by atoms with E-state index in [1.807, 2.05) is 24.3 Å². The molecule has 1 unspecified atom stereocenters. The number of halogens is 2. The first-order valence-corrected chi connectivity index (χ1v) is 5.14. The smallest absolute Gasteiger partial charge is 0.0320 e. The van der Waals surface area contributed by atoms with Crippen molar-refractivity contribution in [2.75, 3.05) is 0 Å². The molecule has 1 aromatic rings. The average molecular weight is 289 g/mol. The number of rotatable bonds is 2. The van der Waals surface area contributed by atoms with E-state index in [-0.39, 0.29) is 5.92 Å². The highest BCUT2D eigenvalue weighted by atomic mass is 79.9. The fourth-order valence-corrected chi connectivity index (χ4v) is 1.52. The van der Waals surface area contributed by atoms with E-state index in [0.717, 1.165) is 8.95 Å². The second-order valence-electron chi connectivity index (χ2n) is 2.52. The zero-order valence-corrected chi connectivity index (χ0v) is 9.73. The zero-order valence-electron chi connectivity index (χ0n) is 6.56. The minimum Gasteiger partial charge on any atom is -0.102 e. The summed E-state index contributed by atoms with van der Waals surface area (Å²) in [5.41, 5.74) is 1.17. The molecular formula is C10H9Br2. The van der Waals surface area contributed by atoms with Crippen molar-refractivity contribution >= 4 is 31.9 Å². The second-order valence-corrected chi connectivity index (χ2v) is 4.22. The zero-order chi connectivity index (χ0) is 9.14. The minimum atomic E-state index is 0.161. The molecule has 0 aliphatic rings. The summed E-state index contributed by atoms with van der Waals surface area (Å²) in [5.74, 6) is 0.161. The molecule has 1 aromatic carbocycles. The Bertz CT molecular complexity index is 292. The summed E-state index contributed by atoms with van der Waals surface area (Å²) in [6.45, 7) is 7.64. The van der Waals surface area contributed by atoms with E-state index in [0.29, 0.717) is 0 Å². The molecule has 0 saturated carbocycles. The highest BCUT2D eigenvalue weighted by molar-refractivity contribution is 9.13. The number of benzene rings is 1. The van der Waals surface area contributed by atoms with Crippen LogP contribution in [-0.2, 0) is 0 Å². The van der Waals surface area contributed by atoms with E-state index in [1.54, 1.807) is 0 Å². The Morgan fingerprint density at radius 2 is 1.92 bits per heavy atom. The maximum Gasteiger partial charge on any atom is 0.0320 e. The molecule has 1 rings (SSSR count). The summed E-state index contributed by atoms with van der Waals surface area (Å²) < 4.78 is 2.11. The van der Waals surface area contributed by atoms with E-state index in [2.05, 4.69) is 45.4 Å². The van der Waals surface area contributed by atoms with E-state index in [1.165, 1.54) is 5.56 Å². The van der Waals surface area contributed by atoms with Gasteiger partial charge in [0.1, 0.15) is 0 Å². The molecule has 0 fully saturated rings. The molecule has 0 aromatic heterocycles. The van der Waals surface area contributed by atoms with Crippen LogP contribution in [0.15, 0.2) is 39.8 Å². The normalized spacial score (nSPS) is 12.6. The molecule has 0 aliphatic heterocycles. The van der Waals surface area contributed by atoms with Gasteiger partial charge in [0.15, 0.2) is 0 Å². The predicted octanol–water partition coefficient (Wildman–Crippen LogP) is 4.32. The van der Waals surface area contributed by atoms with Gasteiger partial charge in [-0.15, -0.1) is 6.58 Å². The fraction of sp³-hybridized carbons (Fsp3) is 0.100. The predicted molar refractivity (Wildman–Crippen MR) is 60.1 cm³/mol. The summed E-state index contributed by atoms with van der Waals surface area (Å²) >= 11 is 6.84. The molecule has 2 heteroatoms. The van der Waals surface area contributed by atoms with Crippen molar-refractivity contribution in [2.45, 2.75) is 5.92 Å². The number of hydrogen-bond acceptors (Lipinski definition) is 0. The first-order valence-electron chi connectivity index (χ1n) is 3.55. The summed E-state index contributed by atoms with van der Waals surface area (Å²) in [6, 6.07) is 6.08. The van der Waals surface area contributed by atoms with E-state index in [4.69, 9.17) is 0 Å². The SMILES string of the molecule is [CH2]C(C=C)c1ccc(Br)c(Br)c1.